The van der Waals surface area contributed by atoms with E-state index in [9.17, 15) is 9.90 Å². The van der Waals surface area contributed by atoms with Gasteiger partial charge in [-0.1, -0.05) is 0 Å². The normalized spacial score (nSPS) is 11.7. The largest absolute Gasteiger partial charge is 0.382 e. The summed E-state index contributed by atoms with van der Waals surface area (Å²) in [5.74, 6) is -0.299. The quantitative estimate of drug-likeness (QED) is 0.705. The van der Waals surface area contributed by atoms with Gasteiger partial charge in [0.05, 0.1) is 11.8 Å². The second-order valence-corrected chi connectivity index (χ2v) is 3.47. The van der Waals surface area contributed by atoms with Crippen LogP contribution in [-0.4, -0.2) is 26.3 Å². The van der Waals surface area contributed by atoms with Crippen LogP contribution in [0.2, 0.25) is 0 Å². The molecule has 1 N–H and O–H groups in total. The van der Waals surface area contributed by atoms with Gasteiger partial charge in [0, 0.05) is 12.7 Å². The van der Waals surface area contributed by atoms with Crippen molar-refractivity contribution >= 4 is 5.78 Å². The van der Waals surface area contributed by atoms with Crippen molar-refractivity contribution in [3.63, 3.8) is 0 Å². The summed E-state index contributed by atoms with van der Waals surface area (Å²) in [6, 6.07) is 0. The molecule has 0 saturated carbocycles. The highest BCUT2D eigenvalue weighted by atomic mass is 16.3. The Morgan fingerprint density at radius 1 is 1.69 bits per heavy atom. The summed E-state index contributed by atoms with van der Waals surface area (Å²) in [5.41, 5.74) is -0.865. The van der Waals surface area contributed by atoms with Gasteiger partial charge in [0.15, 0.2) is 5.78 Å². The van der Waals surface area contributed by atoms with E-state index in [-0.39, 0.29) is 5.78 Å². The predicted octanol–water partition coefficient (Wildman–Crippen LogP) is 0.857. The molecule has 0 radical (unpaired) electrons. The van der Waals surface area contributed by atoms with Crippen LogP contribution in [0.4, 0.5) is 0 Å². The summed E-state index contributed by atoms with van der Waals surface area (Å²) < 4.78 is 1.65. The van der Waals surface area contributed by atoms with E-state index in [1.54, 1.807) is 10.9 Å². The molecular weight excluding hydrogens is 168 g/mol. The lowest BCUT2D eigenvalue weighted by atomic mass is 10.00. The predicted molar refractivity (Wildman–Crippen MR) is 48.5 cm³/mol. The molecule has 0 unspecified atom stereocenters. The lowest BCUT2D eigenvalue weighted by Gasteiger charge is -2.13. The number of carbonyl (C=O) groups excluding carboxylic acids is 1. The highest BCUT2D eigenvalue weighted by Crippen LogP contribution is 2.11. The number of aryl methyl sites for hydroxylation is 1. The van der Waals surface area contributed by atoms with Crippen molar-refractivity contribution < 1.29 is 9.90 Å². The van der Waals surface area contributed by atoms with Gasteiger partial charge in [0.2, 0.25) is 0 Å². The SMILES string of the molecule is CCn1cc(C(=O)C(C)(C)O)cn1. The first-order valence-electron chi connectivity index (χ1n) is 4.24. The monoisotopic (exact) mass is 182 g/mol. The molecule has 0 aliphatic rings. The van der Waals surface area contributed by atoms with Gasteiger partial charge in [-0.05, 0) is 20.8 Å². The van der Waals surface area contributed by atoms with E-state index in [1.807, 2.05) is 6.92 Å². The topological polar surface area (TPSA) is 55.1 Å². The molecule has 1 rings (SSSR count). The Bertz CT molecular complexity index is 310. The van der Waals surface area contributed by atoms with Gasteiger partial charge < -0.3 is 5.11 Å². The van der Waals surface area contributed by atoms with Crippen molar-refractivity contribution in [2.45, 2.75) is 32.9 Å². The number of Topliss-reactive ketones (excluding diaryl/α,β-unsaturated/α-hetero) is 1. The van der Waals surface area contributed by atoms with Crippen molar-refractivity contribution in [3.05, 3.63) is 18.0 Å². The number of aliphatic hydroxyl groups is 1. The first kappa shape index (κ1) is 9.92. The third kappa shape index (κ3) is 2.15. The number of nitrogens with zero attached hydrogens (tertiary/aromatic N) is 2. The molecule has 0 saturated heterocycles. The molecule has 1 aromatic rings. The third-order valence-electron chi connectivity index (χ3n) is 1.78. The molecule has 0 aliphatic carbocycles. The Morgan fingerprint density at radius 2 is 2.31 bits per heavy atom. The minimum atomic E-state index is -1.32. The molecule has 0 aliphatic heterocycles. The van der Waals surface area contributed by atoms with Crippen molar-refractivity contribution in [3.8, 4) is 0 Å². The van der Waals surface area contributed by atoms with Crippen LogP contribution in [0.3, 0.4) is 0 Å². The second-order valence-electron chi connectivity index (χ2n) is 3.47. The summed E-state index contributed by atoms with van der Waals surface area (Å²) in [6.07, 6.45) is 3.12. The minimum absolute atomic E-state index is 0.299. The molecule has 0 bridgehead atoms. The standard InChI is InChI=1S/C9H14N2O2/c1-4-11-6-7(5-10-11)8(12)9(2,3)13/h5-6,13H,4H2,1-3H3. The van der Waals surface area contributed by atoms with E-state index in [0.29, 0.717) is 5.56 Å². The summed E-state index contributed by atoms with van der Waals surface area (Å²) in [5, 5.41) is 13.4. The molecule has 0 atom stereocenters. The van der Waals surface area contributed by atoms with Crippen LogP contribution >= 0.6 is 0 Å². The summed E-state index contributed by atoms with van der Waals surface area (Å²) >= 11 is 0. The molecule has 13 heavy (non-hydrogen) atoms. The molecule has 72 valence electrons. The van der Waals surface area contributed by atoms with Crippen LogP contribution in [0, 0.1) is 0 Å². The number of aromatic nitrogens is 2. The molecule has 4 heteroatoms. The van der Waals surface area contributed by atoms with Gasteiger partial charge in [0.25, 0.3) is 0 Å². The van der Waals surface area contributed by atoms with Crippen LogP contribution in [0.5, 0.6) is 0 Å². The van der Waals surface area contributed by atoms with E-state index < -0.39 is 5.60 Å². The van der Waals surface area contributed by atoms with E-state index in [0.717, 1.165) is 6.54 Å². The van der Waals surface area contributed by atoms with Gasteiger partial charge in [0.1, 0.15) is 5.60 Å². The van der Waals surface area contributed by atoms with Crippen molar-refractivity contribution in [1.29, 1.82) is 0 Å². The average molecular weight is 182 g/mol. The summed E-state index contributed by atoms with van der Waals surface area (Å²) in [7, 11) is 0. The van der Waals surface area contributed by atoms with E-state index in [2.05, 4.69) is 5.10 Å². The zero-order valence-corrected chi connectivity index (χ0v) is 8.11. The lowest BCUT2D eigenvalue weighted by Crippen LogP contribution is -2.30. The van der Waals surface area contributed by atoms with Crippen LogP contribution in [-0.2, 0) is 6.54 Å². The molecule has 0 fully saturated rings. The molecule has 0 spiro atoms. The Hall–Kier alpha value is -1.16. The van der Waals surface area contributed by atoms with Crippen molar-refractivity contribution in [2.24, 2.45) is 0 Å². The van der Waals surface area contributed by atoms with Crippen molar-refractivity contribution in [1.82, 2.24) is 9.78 Å². The van der Waals surface area contributed by atoms with Gasteiger partial charge in [-0.25, -0.2) is 0 Å². The number of hydrogen-bond donors (Lipinski definition) is 1. The molecule has 4 nitrogen and oxygen atoms in total. The van der Waals surface area contributed by atoms with Crippen LogP contribution in [0.1, 0.15) is 31.1 Å². The smallest absolute Gasteiger partial charge is 0.196 e. The third-order valence-corrected chi connectivity index (χ3v) is 1.78. The maximum absolute atomic E-state index is 11.5. The number of rotatable bonds is 3. The molecule has 0 amide bonds. The molecular formula is C9H14N2O2. The number of ketones is 1. The Balaban J connectivity index is 2.90. The first-order valence-corrected chi connectivity index (χ1v) is 4.24. The first-order chi connectivity index (χ1) is 5.95. The van der Waals surface area contributed by atoms with Crippen LogP contribution in [0.15, 0.2) is 12.4 Å². The van der Waals surface area contributed by atoms with Gasteiger partial charge in [-0.2, -0.15) is 5.10 Å². The highest BCUT2D eigenvalue weighted by molar-refractivity contribution is 6.01. The highest BCUT2D eigenvalue weighted by Gasteiger charge is 2.26. The molecule has 1 heterocycles. The number of carbonyl (C=O) groups is 1. The van der Waals surface area contributed by atoms with Crippen molar-refractivity contribution in [2.75, 3.05) is 0 Å². The average Bonchev–Trinajstić information content (AvgIpc) is 2.48. The Labute approximate surface area is 77.2 Å². The zero-order chi connectivity index (χ0) is 10.1. The van der Waals surface area contributed by atoms with E-state index in [1.165, 1.54) is 20.0 Å². The maximum Gasteiger partial charge on any atom is 0.196 e. The Morgan fingerprint density at radius 3 is 2.69 bits per heavy atom. The second kappa shape index (κ2) is 3.30. The molecule has 1 aromatic heterocycles. The van der Waals surface area contributed by atoms with Gasteiger partial charge in [-0.3, -0.25) is 9.48 Å². The number of hydrogen-bond acceptors (Lipinski definition) is 3. The summed E-state index contributed by atoms with van der Waals surface area (Å²) in [6.45, 7) is 5.60. The fraction of sp³-hybridized carbons (Fsp3) is 0.556. The molecule has 0 aromatic carbocycles. The fourth-order valence-electron chi connectivity index (χ4n) is 1.01. The van der Waals surface area contributed by atoms with Crippen LogP contribution in [0.25, 0.3) is 0 Å². The van der Waals surface area contributed by atoms with E-state index >= 15 is 0 Å². The minimum Gasteiger partial charge on any atom is -0.382 e. The fourth-order valence-corrected chi connectivity index (χ4v) is 1.01. The summed E-state index contributed by atoms with van der Waals surface area (Å²) in [4.78, 5) is 11.5. The van der Waals surface area contributed by atoms with Crippen LogP contribution < -0.4 is 0 Å². The lowest BCUT2D eigenvalue weighted by molar-refractivity contribution is 0.0488. The van der Waals surface area contributed by atoms with Gasteiger partial charge >= 0.3 is 0 Å². The maximum atomic E-state index is 11.5. The van der Waals surface area contributed by atoms with E-state index in [4.69, 9.17) is 0 Å². The zero-order valence-electron chi connectivity index (χ0n) is 8.11. The van der Waals surface area contributed by atoms with Gasteiger partial charge in [-0.15, -0.1) is 0 Å². The Kier molecular flexibility index (Phi) is 2.52.